The molecule has 0 N–H and O–H groups in total. The lowest BCUT2D eigenvalue weighted by molar-refractivity contribution is -0.151. The second-order valence-electron chi connectivity index (χ2n) is 8.11. The zero-order valence-electron chi connectivity index (χ0n) is 16.1. The molecule has 2 aromatic heterocycles. The SMILES string of the molecule is FC1(F)CN(C2CCN(Cc3cc4nc(Cl)nc(N5CCOCC5)c4o3)CC2)C1. The van der Waals surface area contributed by atoms with Crippen LogP contribution in [0.5, 0.6) is 0 Å². The fourth-order valence-corrected chi connectivity index (χ4v) is 4.64. The molecule has 0 amide bonds. The van der Waals surface area contributed by atoms with Crippen molar-refractivity contribution in [1.82, 2.24) is 19.8 Å². The number of halogens is 3. The lowest BCUT2D eigenvalue weighted by Gasteiger charge is -2.46. The van der Waals surface area contributed by atoms with Crippen LogP contribution in [0, 0.1) is 0 Å². The molecule has 2 aromatic rings. The Balaban J connectivity index is 1.25. The largest absolute Gasteiger partial charge is 0.454 e. The van der Waals surface area contributed by atoms with E-state index in [-0.39, 0.29) is 24.4 Å². The molecule has 3 aliphatic rings. The fourth-order valence-electron chi connectivity index (χ4n) is 4.47. The first kappa shape index (κ1) is 19.4. The van der Waals surface area contributed by atoms with E-state index in [0.717, 1.165) is 44.8 Å². The van der Waals surface area contributed by atoms with Gasteiger partial charge in [-0.3, -0.25) is 9.80 Å². The highest BCUT2D eigenvalue weighted by Crippen LogP contribution is 2.33. The Morgan fingerprint density at radius 1 is 1.10 bits per heavy atom. The smallest absolute Gasteiger partial charge is 0.272 e. The summed E-state index contributed by atoms with van der Waals surface area (Å²) in [6, 6.07) is 2.19. The van der Waals surface area contributed by atoms with Gasteiger partial charge in [0.25, 0.3) is 5.92 Å². The van der Waals surface area contributed by atoms with Crippen molar-refractivity contribution in [3.8, 4) is 0 Å². The Labute approximate surface area is 172 Å². The number of nitrogens with zero attached hydrogens (tertiary/aromatic N) is 5. The highest BCUT2D eigenvalue weighted by atomic mass is 35.5. The molecular formula is C19H24ClF2N5O2. The predicted molar refractivity (Wildman–Crippen MR) is 105 cm³/mol. The molecular weight excluding hydrogens is 404 g/mol. The molecule has 0 spiro atoms. The van der Waals surface area contributed by atoms with E-state index in [2.05, 4.69) is 19.8 Å². The molecule has 10 heteroatoms. The normalized spacial score (nSPS) is 24.2. The number of hydrogen-bond acceptors (Lipinski definition) is 7. The summed E-state index contributed by atoms with van der Waals surface area (Å²) in [7, 11) is 0. The van der Waals surface area contributed by atoms with Gasteiger partial charge in [-0.1, -0.05) is 0 Å². The van der Waals surface area contributed by atoms with Gasteiger partial charge in [-0.2, -0.15) is 4.98 Å². The van der Waals surface area contributed by atoms with Gasteiger partial charge in [0.05, 0.1) is 32.8 Å². The summed E-state index contributed by atoms with van der Waals surface area (Å²) in [5.74, 6) is -0.960. The standard InChI is InChI=1S/C19H24ClF2N5O2/c20-18-23-15-9-14(29-16(15)17(24-18)26-5-7-28-8-6-26)10-25-3-1-13(2-4-25)27-11-19(21,22)12-27/h9,13H,1-8,10-12H2. The van der Waals surface area contributed by atoms with Gasteiger partial charge in [0, 0.05) is 38.3 Å². The average molecular weight is 428 g/mol. The highest BCUT2D eigenvalue weighted by molar-refractivity contribution is 6.28. The molecule has 0 atom stereocenters. The van der Waals surface area contributed by atoms with Gasteiger partial charge in [0.2, 0.25) is 5.28 Å². The minimum absolute atomic E-state index is 0.0923. The molecule has 0 unspecified atom stereocenters. The molecule has 0 radical (unpaired) electrons. The number of morpholine rings is 1. The zero-order valence-corrected chi connectivity index (χ0v) is 16.9. The molecule has 3 fully saturated rings. The van der Waals surface area contributed by atoms with Crippen molar-refractivity contribution in [3.05, 3.63) is 17.1 Å². The molecule has 0 bridgehead atoms. The van der Waals surface area contributed by atoms with E-state index in [1.807, 2.05) is 11.0 Å². The number of anilines is 1. The van der Waals surface area contributed by atoms with Crippen molar-refractivity contribution < 1.29 is 17.9 Å². The summed E-state index contributed by atoms with van der Waals surface area (Å²) in [5.41, 5.74) is 1.36. The predicted octanol–water partition coefficient (Wildman–Crippen LogP) is 2.63. The topological polar surface area (TPSA) is 57.9 Å². The maximum Gasteiger partial charge on any atom is 0.272 e. The lowest BCUT2D eigenvalue weighted by atomic mass is 9.98. The molecule has 0 aromatic carbocycles. The van der Waals surface area contributed by atoms with Crippen molar-refractivity contribution in [1.29, 1.82) is 0 Å². The van der Waals surface area contributed by atoms with Crippen LogP contribution < -0.4 is 4.90 Å². The molecule has 158 valence electrons. The number of rotatable bonds is 4. The van der Waals surface area contributed by atoms with Gasteiger partial charge in [0.1, 0.15) is 11.3 Å². The molecule has 3 aliphatic heterocycles. The summed E-state index contributed by atoms with van der Waals surface area (Å²) in [5, 5.41) is 0.207. The van der Waals surface area contributed by atoms with Gasteiger partial charge >= 0.3 is 0 Å². The third kappa shape index (κ3) is 4.05. The maximum absolute atomic E-state index is 13.1. The first-order valence-electron chi connectivity index (χ1n) is 10.1. The van der Waals surface area contributed by atoms with Crippen LogP contribution in [0.3, 0.4) is 0 Å². The third-order valence-corrected chi connectivity index (χ3v) is 6.18. The number of likely N-dealkylation sites (tertiary alicyclic amines) is 2. The van der Waals surface area contributed by atoms with Crippen molar-refractivity contribution in [2.24, 2.45) is 0 Å². The van der Waals surface area contributed by atoms with Crippen molar-refractivity contribution >= 4 is 28.5 Å². The van der Waals surface area contributed by atoms with Crippen LogP contribution in [0.15, 0.2) is 10.5 Å². The quantitative estimate of drug-likeness (QED) is 0.695. The molecule has 0 saturated carbocycles. The maximum atomic E-state index is 13.1. The van der Waals surface area contributed by atoms with E-state index in [0.29, 0.717) is 36.7 Å². The van der Waals surface area contributed by atoms with Crippen LogP contribution in [-0.2, 0) is 11.3 Å². The zero-order chi connectivity index (χ0) is 20.0. The molecule has 5 rings (SSSR count). The molecule has 7 nitrogen and oxygen atoms in total. The molecule has 5 heterocycles. The fraction of sp³-hybridized carbons (Fsp3) is 0.684. The van der Waals surface area contributed by atoms with E-state index in [4.69, 9.17) is 20.8 Å². The van der Waals surface area contributed by atoms with Crippen LogP contribution in [0.2, 0.25) is 5.28 Å². The van der Waals surface area contributed by atoms with E-state index in [1.54, 1.807) is 0 Å². The minimum Gasteiger partial charge on any atom is -0.454 e. The van der Waals surface area contributed by atoms with Crippen LogP contribution in [0.1, 0.15) is 18.6 Å². The second-order valence-corrected chi connectivity index (χ2v) is 8.45. The number of piperidine rings is 1. The first-order valence-corrected chi connectivity index (χ1v) is 10.5. The number of fused-ring (bicyclic) bond motifs is 1. The van der Waals surface area contributed by atoms with Crippen LogP contribution in [0.25, 0.3) is 11.1 Å². The Hall–Kier alpha value is -1.55. The Bertz CT molecular complexity index is 873. The third-order valence-electron chi connectivity index (χ3n) is 6.01. The summed E-state index contributed by atoms with van der Waals surface area (Å²) >= 11 is 6.14. The highest BCUT2D eigenvalue weighted by Gasteiger charge is 2.46. The van der Waals surface area contributed by atoms with Crippen molar-refractivity contribution in [2.75, 3.05) is 57.4 Å². The van der Waals surface area contributed by atoms with E-state index >= 15 is 0 Å². The van der Waals surface area contributed by atoms with Crippen LogP contribution >= 0.6 is 11.6 Å². The summed E-state index contributed by atoms with van der Waals surface area (Å²) < 4.78 is 37.8. The van der Waals surface area contributed by atoms with Gasteiger partial charge in [-0.15, -0.1) is 0 Å². The number of ether oxygens (including phenoxy) is 1. The number of aromatic nitrogens is 2. The van der Waals surface area contributed by atoms with E-state index < -0.39 is 5.92 Å². The lowest BCUT2D eigenvalue weighted by Crippen LogP contribution is -2.61. The monoisotopic (exact) mass is 427 g/mol. The van der Waals surface area contributed by atoms with E-state index in [9.17, 15) is 8.78 Å². The Morgan fingerprint density at radius 2 is 1.83 bits per heavy atom. The van der Waals surface area contributed by atoms with Gasteiger partial charge < -0.3 is 14.1 Å². The van der Waals surface area contributed by atoms with Gasteiger partial charge in [-0.05, 0) is 24.4 Å². The van der Waals surface area contributed by atoms with Gasteiger partial charge in [-0.25, -0.2) is 13.8 Å². The number of alkyl halides is 2. The Morgan fingerprint density at radius 3 is 2.52 bits per heavy atom. The summed E-state index contributed by atoms with van der Waals surface area (Å²) in [4.78, 5) is 15.0. The molecule has 3 saturated heterocycles. The van der Waals surface area contributed by atoms with Crippen molar-refractivity contribution in [2.45, 2.75) is 31.4 Å². The first-order chi connectivity index (χ1) is 14.0. The van der Waals surface area contributed by atoms with Crippen LogP contribution in [0.4, 0.5) is 14.6 Å². The number of hydrogen-bond donors (Lipinski definition) is 0. The molecule has 29 heavy (non-hydrogen) atoms. The van der Waals surface area contributed by atoms with Gasteiger partial charge in [0.15, 0.2) is 11.4 Å². The number of furan rings is 1. The minimum atomic E-state index is -2.49. The van der Waals surface area contributed by atoms with Crippen molar-refractivity contribution in [3.63, 3.8) is 0 Å². The van der Waals surface area contributed by atoms with E-state index in [1.165, 1.54) is 0 Å². The Kier molecular flexibility index (Phi) is 5.09. The summed E-state index contributed by atoms with van der Waals surface area (Å²) in [6.45, 7) is 4.99. The van der Waals surface area contributed by atoms with Crippen LogP contribution in [-0.4, -0.2) is 84.2 Å². The molecule has 0 aliphatic carbocycles. The second kappa shape index (κ2) is 7.61. The average Bonchev–Trinajstić information content (AvgIpc) is 3.09. The summed E-state index contributed by atoms with van der Waals surface area (Å²) in [6.07, 6.45) is 1.81.